The number of halogens is 3. The van der Waals surface area contributed by atoms with Gasteiger partial charge in [0.25, 0.3) is 0 Å². The highest BCUT2D eigenvalue weighted by atomic mass is 35.5. The van der Waals surface area contributed by atoms with Crippen LogP contribution in [-0.2, 0) is 0 Å². The van der Waals surface area contributed by atoms with E-state index in [2.05, 4.69) is 0 Å². The number of rotatable bonds is 2. The molecule has 0 atom stereocenters. The Morgan fingerprint density at radius 2 is 1.64 bits per heavy atom. The van der Waals surface area contributed by atoms with E-state index in [4.69, 9.17) is 49.0 Å². The van der Waals surface area contributed by atoms with Gasteiger partial charge in [-0.05, 0) is 33.3 Å². The van der Waals surface area contributed by atoms with Crippen LogP contribution in [0, 0.1) is 13.8 Å². The van der Waals surface area contributed by atoms with Gasteiger partial charge in [-0.15, -0.1) is 0 Å². The summed E-state index contributed by atoms with van der Waals surface area (Å²) in [5.41, 5.74) is 2.15. The van der Waals surface area contributed by atoms with Crippen LogP contribution in [0.1, 0.15) is 40.9 Å². The number of fused-ring (bicyclic) bond motifs is 2. The Kier molecular flexibility index (Phi) is 5.45. The molecule has 0 saturated carbocycles. The number of benzene rings is 2. The Bertz CT molecular complexity index is 1060. The van der Waals surface area contributed by atoms with Gasteiger partial charge < -0.3 is 19.3 Å². The van der Waals surface area contributed by atoms with Crippen LogP contribution in [0.2, 0.25) is 15.1 Å². The number of hydrogen-bond donors (Lipinski definition) is 1. The number of esters is 1. The summed E-state index contributed by atoms with van der Waals surface area (Å²) < 4.78 is 17.0. The van der Waals surface area contributed by atoms with Crippen molar-refractivity contribution in [2.24, 2.45) is 0 Å². The number of aromatic hydroxyl groups is 1. The number of ether oxygens (including phenoxy) is 3. The van der Waals surface area contributed by atoms with Crippen LogP contribution in [0.3, 0.4) is 0 Å². The minimum absolute atomic E-state index is 0.0149. The van der Waals surface area contributed by atoms with Gasteiger partial charge in [0.15, 0.2) is 23.0 Å². The van der Waals surface area contributed by atoms with E-state index in [1.807, 2.05) is 19.9 Å². The molecule has 0 aromatic heterocycles. The molecule has 0 bridgehead atoms. The fourth-order valence-electron chi connectivity index (χ4n) is 3.08. The fraction of sp³-hybridized carbons (Fsp3) is 0.250. The quantitative estimate of drug-likeness (QED) is 0.412. The molecule has 0 aliphatic carbocycles. The highest BCUT2D eigenvalue weighted by Crippen LogP contribution is 2.55. The third-order valence-electron chi connectivity index (χ3n) is 4.71. The molecule has 1 heterocycles. The molecule has 0 saturated heterocycles. The molecular weight excluding hydrogens is 427 g/mol. The van der Waals surface area contributed by atoms with Gasteiger partial charge in [-0.1, -0.05) is 40.9 Å². The Labute approximate surface area is 177 Å². The van der Waals surface area contributed by atoms with E-state index in [0.717, 1.165) is 5.57 Å². The van der Waals surface area contributed by atoms with Crippen molar-refractivity contribution in [1.29, 1.82) is 0 Å². The standard InChI is InChI=1S/C20H17Cl3O5/c1-6-7(2)10-13(22)16(26-5)8(3)11-18(10)27-19-14(23)15(24)12(21)9(4)17(19)28-20(11)25/h6,24H,1-5H3/b7-6+. The molecule has 1 aliphatic rings. The molecule has 0 amide bonds. The number of hydrogen-bond acceptors (Lipinski definition) is 5. The average Bonchev–Trinajstić information content (AvgIpc) is 2.81. The molecule has 1 N–H and O–H groups in total. The smallest absolute Gasteiger partial charge is 0.347 e. The summed E-state index contributed by atoms with van der Waals surface area (Å²) in [6.07, 6.45) is 1.82. The molecule has 148 valence electrons. The molecule has 5 nitrogen and oxygen atoms in total. The zero-order valence-corrected chi connectivity index (χ0v) is 18.1. The Balaban J connectivity index is 2.47. The lowest BCUT2D eigenvalue weighted by molar-refractivity contribution is 0.0735. The molecule has 28 heavy (non-hydrogen) atoms. The van der Waals surface area contributed by atoms with E-state index < -0.39 is 5.97 Å². The third kappa shape index (κ3) is 2.89. The van der Waals surface area contributed by atoms with E-state index in [1.54, 1.807) is 13.8 Å². The van der Waals surface area contributed by atoms with Gasteiger partial charge in [-0.3, -0.25) is 0 Å². The van der Waals surface area contributed by atoms with E-state index in [-0.39, 0.29) is 43.6 Å². The predicted octanol–water partition coefficient (Wildman–Crippen LogP) is 6.73. The van der Waals surface area contributed by atoms with Crippen LogP contribution in [-0.4, -0.2) is 18.2 Å². The molecule has 2 aromatic rings. The van der Waals surface area contributed by atoms with Crippen molar-refractivity contribution in [3.8, 4) is 28.7 Å². The SMILES string of the molecule is C/C=C(\C)c1c(Cl)c(OC)c(C)c2c1Oc1c(Cl)c(O)c(Cl)c(C)c1OC2=O. The molecule has 1 aliphatic heterocycles. The van der Waals surface area contributed by atoms with Gasteiger partial charge >= 0.3 is 5.97 Å². The van der Waals surface area contributed by atoms with E-state index in [9.17, 15) is 9.90 Å². The zero-order valence-electron chi connectivity index (χ0n) is 15.8. The van der Waals surface area contributed by atoms with Crippen LogP contribution >= 0.6 is 34.8 Å². The second-order valence-electron chi connectivity index (χ2n) is 6.27. The first-order valence-corrected chi connectivity index (χ1v) is 9.42. The van der Waals surface area contributed by atoms with Crippen molar-refractivity contribution in [2.45, 2.75) is 27.7 Å². The van der Waals surface area contributed by atoms with Gasteiger partial charge in [0.1, 0.15) is 16.3 Å². The average molecular weight is 444 g/mol. The highest BCUT2D eigenvalue weighted by Gasteiger charge is 2.35. The topological polar surface area (TPSA) is 65.0 Å². The minimum atomic E-state index is -0.674. The summed E-state index contributed by atoms with van der Waals surface area (Å²) >= 11 is 18.9. The number of phenolic OH excluding ortho intramolecular Hbond substituents is 1. The second-order valence-corrected chi connectivity index (χ2v) is 7.41. The first kappa shape index (κ1) is 20.6. The maximum absolute atomic E-state index is 13.0. The summed E-state index contributed by atoms with van der Waals surface area (Å²) in [6, 6.07) is 0. The van der Waals surface area contributed by atoms with Crippen molar-refractivity contribution < 1.29 is 24.1 Å². The van der Waals surface area contributed by atoms with Gasteiger partial charge in [0.2, 0.25) is 0 Å². The van der Waals surface area contributed by atoms with Crippen LogP contribution in [0.4, 0.5) is 0 Å². The van der Waals surface area contributed by atoms with Crippen LogP contribution in [0.15, 0.2) is 6.08 Å². The van der Waals surface area contributed by atoms with Crippen molar-refractivity contribution in [3.05, 3.63) is 43.4 Å². The lowest BCUT2D eigenvalue weighted by Gasteiger charge is -2.20. The third-order valence-corrected chi connectivity index (χ3v) is 5.89. The largest absolute Gasteiger partial charge is 0.505 e. The van der Waals surface area contributed by atoms with Crippen LogP contribution < -0.4 is 14.2 Å². The second kappa shape index (κ2) is 7.39. The van der Waals surface area contributed by atoms with Crippen molar-refractivity contribution >= 4 is 46.3 Å². The number of methoxy groups -OCH3 is 1. The van der Waals surface area contributed by atoms with Gasteiger partial charge in [0.05, 0.1) is 17.2 Å². The molecule has 3 rings (SSSR count). The van der Waals surface area contributed by atoms with Crippen molar-refractivity contribution in [2.75, 3.05) is 7.11 Å². The highest BCUT2D eigenvalue weighted by molar-refractivity contribution is 6.39. The summed E-state index contributed by atoms with van der Waals surface area (Å²) in [6.45, 7) is 6.92. The Hall–Kier alpha value is -2.08. The molecular formula is C20H17Cl3O5. The summed E-state index contributed by atoms with van der Waals surface area (Å²) in [5, 5.41) is 10.3. The predicted molar refractivity (Wildman–Crippen MR) is 110 cm³/mol. The number of carbonyl (C=O) groups is 1. The van der Waals surface area contributed by atoms with E-state index >= 15 is 0 Å². The Morgan fingerprint density at radius 3 is 2.21 bits per heavy atom. The van der Waals surface area contributed by atoms with Crippen molar-refractivity contribution in [3.63, 3.8) is 0 Å². The number of phenols is 1. The molecule has 0 unspecified atom stereocenters. The van der Waals surface area contributed by atoms with Crippen LogP contribution in [0.25, 0.3) is 5.57 Å². The maximum Gasteiger partial charge on any atom is 0.347 e. The number of carbonyl (C=O) groups excluding carboxylic acids is 1. The lowest BCUT2D eigenvalue weighted by atomic mass is 9.97. The van der Waals surface area contributed by atoms with Crippen molar-refractivity contribution in [1.82, 2.24) is 0 Å². The maximum atomic E-state index is 13.0. The van der Waals surface area contributed by atoms with Gasteiger partial charge in [-0.25, -0.2) is 4.79 Å². The summed E-state index contributed by atoms with van der Waals surface area (Å²) in [4.78, 5) is 13.0. The first-order valence-electron chi connectivity index (χ1n) is 8.29. The summed E-state index contributed by atoms with van der Waals surface area (Å²) in [7, 11) is 1.46. The molecule has 8 heteroatoms. The molecule has 0 fully saturated rings. The monoisotopic (exact) mass is 442 g/mol. The van der Waals surface area contributed by atoms with E-state index in [0.29, 0.717) is 22.4 Å². The molecule has 2 aromatic carbocycles. The normalized spacial score (nSPS) is 13.3. The van der Waals surface area contributed by atoms with Gasteiger partial charge in [0, 0.05) is 16.7 Å². The van der Waals surface area contributed by atoms with Gasteiger partial charge in [-0.2, -0.15) is 0 Å². The minimum Gasteiger partial charge on any atom is -0.505 e. The summed E-state index contributed by atoms with van der Waals surface area (Å²) in [5.74, 6) is -0.504. The molecule has 0 spiro atoms. The van der Waals surface area contributed by atoms with Crippen LogP contribution in [0.5, 0.6) is 28.7 Å². The number of allylic oxidation sites excluding steroid dienone is 2. The zero-order chi connectivity index (χ0) is 20.9. The van der Waals surface area contributed by atoms with E-state index in [1.165, 1.54) is 7.11 Å². The fourth-order valence-corrected chi connectivity index (χ4v) is 3.99. The first-order chi connectivity index (χ1) is 13.1. The lowest BCUT2D eigenvalue weighted by Crippen LogP contribution is -2.12. The molecule has 0 radical (unpaired) electrons. The Morgan fingerprint density at radius 1 is 1.00 bits per heavy atom.